The summed E-state index contributed by atoms with van der Waals surface area (Å²) in [6, 6.07) is 16.3. The fraction of sp³-hybridized carbons (Fsp3) is 0.105. The van der Waals surface area contributed by atoms with Gasteiger partial charge in [0, 0.05) is 23.1 Å². The molecule has 0 saturated carbocycles. The van der Waals surface area contributed by atoms with Gasteiger partial charge < -0.3 is 5.32 Å². The number of nitrogens with zero attached hydrogens (tertiary/aromatic N) is 1. The van der Waals surface area contributed by atoms with Crippen molar-refractivity contribution in [3.63, 3.8) is 0 Å². The number of benzene rings is 2. The van der Waals surface area contributed by atoms with Gasteiger partial charge >= 0.3 is 0 Å². The number of halogens is 1. The maximum absolute atomic E-state index is 12.4. The van der Waals surface area contributed by atoms with Crippen LogP contribution in [0.2, 0.25) is 0 Å². The third kappa shape index (κ3) is 4.42. The number of carbonyl (C=O) groups excluding carboxylic acids is 3. The molecule has 2 aromatic rings. The lowest BCUT2D eigenvalue weighted by atomic mass is 10.2. The van der Waals surface area contributed by atoms with E-state index in [9.17, 15) is 14.4 Å². The molecule has 0 unspecified atom stereocenters. The van der Waals surface area contributed by atoms with Gasteiger partial charge in [-0.1, -0.05) is 46.3 Å². The number of nitrogens with one attached hydrogen (secondary N) is 1. The minimum Gasteiger partial charge on any atom is -0.350 e. The molecule has 3 amide bonds. The molecule has 0 atom stereocenters. The third-order valence-electron chi connectivity index (χ3n) is 3.70. The number of hydrogen-bond donors (Lipinski definition) is 1. The van der Waals surface area contributed by atoms with Crippen molar-refractivity contribution >= 4 is 50.8 Å². The van der Waals surface area contributed by atoms with Gasteiger partial charge in [-0.05, 0) is 47.7 Å². The molecule has 0 bridgehead atoms. The summed E-state index contributed by atoms with van der Waals surface area (Å²) >= 11 is 4.23. The first kappa shape index (κ1) is 18.4. The standard InChI is InChI=1S/C19H15BrN2O3S/c20-15-8-6-14(7-9-15)17(23)21-10-11-22-18(24)16(26-19(22)25)12-13-4-2-1-3-5-13/h1-9,12H,10-11H2,(H,21,23). The van der Waals surface area contributed by atoms with E-state index < -0.39 is 0 Å². The van der Waals surface area contributed by atoms with Gasteiger partial charge in [0.15, 0.2) is 0 Å². The van der Waals surface area contributed by atoms with E-state index >= 15 is 0 Å². The second kappa shape index (κ2) is 8.33. The first-order chi connectivity index (χ1) is 12.5. The van der Waals surface area contributed by atoms with Crippen LogP contribution in [-0.4, -0.2) is 35.0 Å². The van der Waals surface area contributed by atoms with Crippen LogP contribution in [0.4, 0.5) is 4.79 Å². The summed E-state index contributed by atoms with van der Waals surface area (Å²) in [5.41, 5.74) is 1.38. The van der Waals surface area contributed by atoms with Crippen LogP contribution in [0.25, 0.3) is 6.08 Å². The van der Waals surface area contributed by atoms with Crippen molar-refractivity contribution in [1.82, 2.24) is 10.2 Å². The average Bonchev–Trinajstić information content (AvgIpc) is 2.90. The summed E-state index contributed by atoms with van der Waals surface area (Å²) in [6.07, 6.45) is 1.70. The topological polar surface area (TPSA) is 66.5 Å². The van der Waals surface area contributed by atoms with E-state index in [0.717, 1.165) is 26.7 Å². The van der Waals surface area contributed by atoms with Crippen LogP contribution >= 0.6 is 27.7 Å². The molecule has 0 aliphatic carbocycles. The minimum absolute atomic E-state index is 0.138. The fourth-order valence-corrected chi connectivity index (χ4v) is 3.51. The molecule has 3 rings (SSSR count). The number of thioether (sulfide) groups is 1. The number of amides is 3. The van der Waals surface area contributed by atoms with Crippen molar-refractivity contribution in [2.75, 3.05) is 13.1 Å². The summed E-state index contributed by atoms with van der Waals surface area (Å²) in [7, 11) is 0. The maximum atomic E-state index is 12.4. The average molecular weight is 431 g/mol. The summed E-state index contributed by atoms with van der Waals surface area (Å²) in [5.74, 6) is -0.578. The Hall–Kier alpha value is -2.38. The number of imide groups is 1. The Balaban J connectivity index is 1.57. The van der Waals surface area contributed by atoms with Gasteiger partial charge in [-0.15, -0.1) is 0 Å². The van der Waals surface area contributed by atoms with Gasteiger partial charge in [-0.25, -0.2) is 0 Å². The molecule has 0 aromatic heterocycles. The second-order valence-corrected chi connectivity index (χ2v) is 7.42. The summed E-state index contributed by atoms with van der Waals surface area (Å²) in [5, 5.41) is 2.40. The minimum atomic E-state index is -0.332. The molecule has 1 fully saturated rings. The Bertz CT molecular complexity index is 866. The van der Waals surface area contributed by atoms with Crippen LogP contribution in [0, 0.1) is 0 Å². The van der Waals surface area contributed by atoms with Gasteiger partial charge in [0.2, 0.25) is 0 Å². The van der Waals surface area contributed by atoms with Crippen molar-refractivity contribution in [3.05, 3.63) is 75.1 Å². The van der Waals surface area contributed by atoms with E-state index in [0.29, 0.717) is 10.5 Å². The highest BCUT2D eigenvalue weighted by molar-refractivity contribution is 9.10. The zero-order valence-electron chi connectivity index (χ0n) is 13.6. The maximum Gasteiger partial charge on any atom is 0.293 e. The van der Waals surface area contributed by atoms with Gasteiger partial charge in [0.25, 0.3) is 17.1 Å². The molecule has 7 heteroatoms. The predicted octanol–water partition coefficient (Wildman–Crippen LogP) is 3.92. The van der Waals surface area contributed by atoms with Gasteiger partial charge in [-0.2, -0.15) is 0 Å². The molecular weight excluding hydrogens is 416 g/mol. The predicted molar refractivity (Wildman–Crippen MR) is 106 cm³/mol. The third-order valence-corrected chi connectivity index (χ3v) is 5.13. The molecule has 26 heavy (non-hydrogen) atoms. The number of carbonyl (C=O) groups is 3. The van der Waals surface area contributed by atoms with Crippen molar-refractivity contribution in [3.8, 4) is 0 Å². The largest absolute Gasteiger partial charge is 0.350 e. The lowest BCUT2D eigenvalue weighted by molar-refractivity contribution is -0.122. The SMILES string of the molecule is O=C(NCCN1C(=O)SC(=Cc2ccccc2)C1=O)c1ccc(Br)cc1. The van der Waals surface area contributed by atoms with Gasteiger partial charge in [0.1, 0.15) is 0 Å². The highest BCUT2D eigenvalue weighted by Crippen LogP contribution is 2.31. The molecule has 0 radical (unpaired) electrons. The van der Waals surface area contributed by atoms with Crippen molar-refractivity contribution < 1.29 is 14.4 Å². The van der Waals surface area contributed by atoms with Gasteiger partial charge in [0.05, 0.1) is 4.91 Å². The van der Waals surface area contributed by atoms with Crippen LogP contribution in [0.1, 0.15) is 15.9 Å². The fourth-order valence-electron chi connectivity index (χ4n) is 2.38. The molecule has 1 N–H and O–H groups in total. The van der Waals surface area contributed by atoms with Crippen LogP contribution < -0.4 is 5.32 Å². The molecule has 5 nitrogen and oxygen atoms in total. The monoisotopic (exact) mass is 430 g/mol. The second-order valence-electron chi connectivity index (χ2n) is 5.51. The molecule has 1 saturated heterocycles. The summed E-state index contributed by atoms with van der Waals surface area (Å²) < 4.78 is 0.886. The molecule has 0 spiro atoms. The van der Waals surface area contributed by atoms with E-state index in [1.807, 2.05) is 30.3 Å². The molecule has 2 aromatic carbocycles. The van der Waals surface area contributed by atoms with Crippen LogP contribution in [-0.2, 0) is 4.79 Å². The number of hydrogen-bond acceptors (Lipinski definition) is 4. The molecule has 132 valence electrons. The van der Waals surface area contributed by atoms with Crippen molar-refractivity contribution in [2.24, 2.45) is 0 Å². The van der Waals surface area contributed by atoms with Crippen LogP contribution in [0.15, 0.2) is 64.0 Å². The van der Waals surface area contributed by atoms with Crippen molar-refractivity contribution in [1.29, 1.82) is 0 Å². The Labute approximate surface area is 163 Å². The normalized spacial score (nSPS) is 15.6. The Morgan fingerprint density at radius 2 is 1.77 bits per heavy atom. The Morgan fingerprint density at radius 1 is 1.08 bits per heavy atom. The molecular formula is C19H15BrN2O3S. The van der Waals surface area contributed by atoms with E-state index in [2.05, 4.69) is 21.2 Å². The summed E-state index contributed by atoms with van der Waals surface area (Å²) in [4.78, 5) is 38.1. The molecule has 1 aliphatic rings. The lowest BCUT2D eigenvalue weighted by Crippen LogP contribution is -2.37. The highest BCUT2D eigenvalue weighted by atomic mass is 79.9. The highest BCUT2D eigenvalue weighted by Gasteiger charge is 2.34. The first-order valence-corrected chi connectivity index (χ1v) is 9.50. The van der Waals surface area contributed by atoms with E-state index in [1.54, 1.807) is 30.3 Å². The van der Waals surface area contributed by atoms with Gasteiger partial charge in [-0.3, -0.25) is 19.3 Å². The molecule has 1 aliphatic heterocycles. The quantitative estimate of drug-likeness (QED) is 0.729. The zero-order valence-corrected chi connectivity index (χ0v) is 16.0. The van der Waals surface area contributed by atoms with E-state index in [1.165, 1.54) is 0 Å². The first-order valence-electron chi connectivity index (χ1n) is 7.89. The number of rotatable bonds is 5. The lowest BCUT2D eigenvalue weighted by Gasteiger charge is -2.13. The Kier molecular flexibility index (Phi) is 5.90. The Morgan fingerprint density at radius 3 is 2.46 bits per heavy atom. The van der Waals surface area contributed by atoms with Crippen molar-refractivity contribution in [2.45, 2.75) is 0 Å². The van der Waals surface area contributed by atoms with Crippen LogP contribution in [0.5, 0.6) is 0 Å². The van der Waals surface area contributed by atoms with E-state index in [-0.39, 0.29) is 30.1 Å². The molecule has 1 heterocycles. The van der Waals surface area contributed by atoms with E-state index in [4.69, 9.17) is 0 Å². The summed E-state index contributed by atoms with van der Waals surface area (Å²) in [6.45, 7) is 0.338. The van der Waals surface area contributed by atoms with Crippen LogP contribution in [0.3, 0.4) is 0 Å². The zero-order chi connectivity index (χ0) is 18.5. The smallest absolute Gasteiger partial charge is 0.293 e.